The quantitative estimate of drug-likeness (QED) is 0.876. The van der Waals surface area contributed by atoms with Gasteiger partial charge in [-0.15, -0.1) is 0 Å². The Labute approximate surface area is 135 Å². The van der Waals surface area contributed by atoms with Gasteiger partial charge in [0, 0.05) is 12.8 Å². The lowest BCUT2D eigenvalue weighted by atomic mass is 9.84. The molecule has 1 aliphatic heterocycles. The third kappa shape index (κ3) is 3.01. The van der Waals surface area contributed by atoms with E-state index in [0.29, 0.717) is 10.6 Å². The van der Waals surface area contributed by atoms with Gasteiger partial charge in [-0.25, -0.2) is 4.79 Å². The molecule has 0 atom stereocenters. The number of esters is 1. The highest BCUT2D eigenvalue weighted by molar-refractivity contribution is 6.33. The van der Waals surface area contributed by atoms with Crippen molar-refractivity contribution in [3.8, 4) is 0 Å². The summed E-state index contributed by atoms with van der Waals surface area (Å²) in [5, 5.41) is 3.74. The number of piperidine rings is 1. The fourth-order valence-corrected chi connectivity index (χ4v) is 3.09. The van der Waals surface area contributed by atoms with E-state index in [1.54, 1.807) is 24.3 Å². The lowest BCUT2D eigenvalue weighted by molar-refractivity contribution is -0.0378. The minimum Gasteiger partial charge on any atom is -0.450 e. The molecule has 3 nitrogen and oxygen atoms in total. The normalized spacial score (nSPS) is 17.0. The topological polar surface area (TPSA) is 38.3 Å². The highest BCUT2D eigenvalue weighted by Gasteiger charge is 2.38. The van der Waals surface area contributed by atoms with Crippen molar-refractivity contribution >= 4 is 17.6 Å². The average molecular weight is 316 g/mol. The van der Waals surface area contributed by atoms with E-state index in [1.807, 2.05) is 30.3 Å². The fourth-order valence-electron chi connectivity index (χ4n) is 2.88. The van der Waals surface area contributed by atoms with Crippen molar-refractivity contribution in [2.75, 3.05) is 13.1 Å². The molecule has 22 heavy (non-hydrogen) atoms. The van der Waals surface area contributed by atoms with Crippen LogP contribution in [0.15, 0.2) is 54.6 Å². The lowest BCUT2D eigenvalue weighted by Gasteiger charge is -2.37. The van der Waals surface area contributed by atoms with Crippen LogP contribution in [0.2, 0.25) is 5.02 Å². The van der Waals surface area contributed by atoms with Gasteiger partial charge in [0.1, 0.15) is 5.60 Å². The lowest BCUT2D eigenvalue weighted by Crippen LogP contribution is -2.43. The molecule has 0 radical (unpaired) electrons. The first kappa shape index (κ1) is 15.1. The van der Waals surface area contributed by atoms with Gasteiger partial charge in [0.25, 0.3) is 0 Å². The zero-order chi connectivity index (χ0) is 15.4. The van der Waals surface area contributed by atoms with Crippen LogP contribution in [0.25, 0.3) is 0 Å². The van der Waals surface area contributed by atoms with Crippen LogP contribution in [-0.4, -0.2) is 19.1 Å². The number of nitrogens with one attached hydrogen (secondary N) is 1. The van der Waals surface area contributed by atoms with E-state index in [-0.39, 0.29) is 5.97 Å². The molecule has 1 N–H and O–H groups in total. The van der Waals surface area contributed by atoms with Gasteiger partial charge >= 0.3 is 5.97 Å². The van der Waals surface area contributed by atoms with Gasteiger partial charge in [-0.3, -0.25) is 0 Å². The SMILES string of the molecule is O=C(OC1(c2ccccc2)CCNCC1)c1ccccc1Cl. The molecule has 1 fully saturated rings. The van der Waals surface area contributed by atoms with Crippen LogP contribution in [0, 0.1) is 0 Å². The van der Waals surface area contributed by atoms with Crippen molar-refractivity contribution in [2.45, 2.75) is 18.4 Å². The molecule has 114 valence electrons. The van der Waals surface area contributed by atoms with Gasteiger partial charge in [0.2, 0.25) is 0 Å². The Kier molecular flexibility index (Phi) is 4.46. The molecule has 1 heterocycles. The third-order valence-electron chi connectivity index (χ3n) is 4.09. The largest absolute Gasteiger partial charge is 0.450 e. The van der Waals surface area contributed by atoms with Crippen molar-refractivity contribution in [3.63, 3.8) is 0 Å². The number of halogens is 1. The summed E-state index contributed by atoms with van der Waals surface area (Å²) in [6.45, 7) is 1.65. The van der Waals surface area contributed by atoms with E-state index >= 15 is 0 Å². The Morgan fingerprint density at radius 2 is 1.64 bits per heavy atom. The predicted molar refractivity (Wildman–Crippen MR) is 87.1 cm³/mol. The minimum absolute atomic E-state index is 0.364. The first-order valence-electron chi connectivity index (χ1n) is 7.45. The number of rotatable bonds is 3. The Hall–Kier alpha value is -1.84. The van der Waals surface area contributed by atoms with Gasteiger partial charge in [-0.1, -0.05) is 54.1 Å². The van der Waals surface area contributed by atoms with Crippen molar-refractivity contribution < 1.29 is 9.53 Å². The zero-order valence-corrected chi connectivity index (χ0v) is 13.0. The summed E-state index contributed by atoms with van der Waals surface area (Å²) in [5.74, 6) is -0.364. The van der Waals surface area contributed by atoms with Crippen molar-refractivity contribution in [1.29, 1.82) is 0 Å². The van der Waals surface area contributed by atoms with Crippen LogP contribution in [0.1, 0.15) is 28.8 Å². The molecule has 0 aliphatic carbocycles. The number of hydrogen-bond acceptors (Lipinski definition) is 3. The smallest absolute Gasteiger partial charge is 0.340 e. The summed E-state index contributed by atoms with van der Waals surface area (Å²) in [4.78, 5) is 12.6. The van der Waals surface area contributed by atoms with Crippen molar-refractivity contribution in [3.05, 3.63) is 70.7 Å². The van der Waals surface area contributed by atoms with Crippen LogP contribution >= 0.6 is 11.6 Å². The van der Waals surface area contributed by atoms with Crippen LogP contribution in [0.4, 0.5) is 0 Å². The monoisotopic (exact) mass is 315 g/mol. The van der Waals surface area contributed by atoms with E-state index in [9.17, 15) is 4.79 Å². The van der Waals surface area contributed by atoms with Crippen LogP contribution in [0.3, 0.4) is 0 Å². The Bertz CT molecular complexity index is 651. The second-order valence-electron chi connectivity index (χ2n) is 5.48. The number of carbonyl (C=O) groups is 1. The number of ether oxygens (including phenoxy) is 1. The van der Waals surface area contributed by atoms with Gasteiger partial charge < -0.3 is 10.1 Å². The Morgan fingerprint density at radius 3 is 2.32 bits per heavy atom. The van der Waals surface area contributed by atoms with Crippen molar-refractivity contribution in [2.24, 2.45) is 0 Å². The molecular formula is C18H18ClNO2. The molecular weight excluding hydrogens is 298 g/mol. The summed E-state index contributed by atoms with van der Waals surface area (Å²) in [6, 6.07) is 17.0. The molecule has 4 heteroatoms. The van der Waals surface area contributed by atoms with Crippen LogP contribution in [-0.2, 0) is 10.3 Å². The van der Waals surface area contributed by atoms with Crippen molar-refractivity contribution in [1.82, 2.24) is 5.32 Å². The first-order chi connectivity index (χ1) is 10.7. The van der Waals surface area contributed by atoms with E-state index in [2.05, 4.69) is 5.32 Å². The minimum atomic E-state index is -0.581. The molecule has 0 bridgehead atoms. The molecule has 0 spiro atoms. The standard InChI is InChI=1S/C18H18ClNO2/c19-16-9-5-4-8-15(16)17(21)22-18(10-12-20-13-11-18)14-6-2-1-3-7-14/h1-9,20H,10-13H2. The Balaban J connectivity index is 1.91. The molecule has 0 amide bonds. The molecule has 0 unspecified atom stereocenters. The third-order valence-corrected chi connectivity index (χ3v) is 4.42. The molecule has 0 saturated carbocycles. The van der Waals surface area contributed by atoms with Gasteiger partial charge in [0.15, 0.2) is 0 Å². The second kappa shape index (κ2) is 6.51. The second-order valence-corrected chi connectivity index (χ2v) is 5.89. The maximum Gasteiger partial charge on any atom is 0.340 e. The number of benzene rings is 2. The predicted octanol–water partition coefficient (Wildman–Crippen LogP) is 3.78. The molecule has 1 aliphatic rings. The molecule has 1 saturated heterocycles. The molecule has 0 aromatic heterocycles. The van der Waals surface area contributed by atoms with Gasteiger partial charge in [-0.2, -0.15) is 0 Å². The number of carbonyl (C=O) groups excluding carboxylic acids is 1. The van der Waals surface area contributed by atoms with E-state index in [0.717, 1.165) is 31.5 Å². The highest BCUT2D eigenvalue weighted by atomic mass is 35.5. The van der Waals surface area contributed by atoms with E-state index < -0.39 is 5.60 Å². The fraction of sp³-hybridized carbons (Fsp3) is 0.278. The maximum absolute atomic E-state index is 12.6. The summed E-state index contributed by atoms with van der Waals surface area (Å²) >= 11 is 6.12. The van der Waals surface area contributed by atoms with E-state index in [4.69, 9.17) is 16.3 Å². The van der Waals surface area contributed by atoms with Crippen LogP contribution in [0.5, 0.6) is 0 Å². The summed E-state index contributed by atoms with van der Waals surface area (Å²) in [5.41, 5.74) is 0.873. The molecule has 2 aromatic rings. The molecule has 3 rings (SSSR count). The van der Waals surface area contributed by atoms with E-state index in [1.165, 1.54) is 0 Å². The highest BCUT2D eigenvalue weighted by Crippen LogP contribution is 2.36. The van der Waals surface area contributed by atoms with Gasteiger partial charge in [0.05, 0.1) is 10.6 Å². The summed E-state index contributed by atoms with van der Waals surface area (Å²) < 4.78 is 5.97. The Morgan fingerprint density at radius 1 is 1.00 bits per heavy atom. The van der Waals surface area contributed by atoms with Gasteiger partial charge in [-0.05, 0) is 30.8 Å². The average Bonchev–Trinajstić information content (AvgIpc) is 2.57. The maximum atomic E-state index is 12.6. The number of hydrogen-bond donors (Lipinski definition) is 1. The first-order valence-corrected chi connectivity index (χ1v) is 7.83. The molecule has 2 aromatic carbocycles. The zero-order valence-electron chi connectivity index (χ0n) is 12.2. The van der Waals surface area contributed by atoms with Crippen LogP contribution < -0.4 is 5.32 Å². The summed E-state index contributed by atoms with van der Waals surface area (Å²) in [6.07, 6.45) is 1.51. The summed E-state index contributed by atoms with van der Waals surface area (Å²) in [7, 11) is 0.